The molecule has 15 heavy (non-hydrogen) atoms. The predicted octanol–water partition coefficient (Wildman–Crippen LogP) is 2.02. The number of amides is 1. The summed E-state index contributed by atoms with van der Waals surface area (Å²) in [5.41, 5.74) is 0.416. The Kier molecular flexibility index (Phi) is 2.90. The molecule has 0 radical (unpaired) electrons. The smallest absolute Gasteiger partial charge is 0.257 e. The molecular formula is C12H15NO2. The third-order valence-electron chi connectivity index (χ3n) is 2.78. The molecule has 0 unspecified atom stereocenters. The zero-order valence-electron chi connectivity index (χ0n) is 8.65. The first-order chi connectivity index (χ1) is 7.29. The lowest BCUT2D eigenvalue weighted by molar-refractivity contribution is 0.0721. The van der Waals surface area contributed by atoms with Crippen molar-refractivity contribution in [2.75, 3.05) is 13.1 Å². The number of carbonyl (C=O) groups excluding carboxylic acids is 1. The Hall–Kier alpha value is -1.51. The molecule has 0 saturated carbocycles. The highest BCUT2D eigenvalue weighted by Crippen LogP contribution is 2.20. The standard InChI is InChI=1S/C12H15NO2/c14-11-7-3-2-6-10(11)12(15)13-8-4-1-5-9-13/h2-3,6-7,14H,1,4-5,8-9H2. The van der Waals surface area contributed by atoms with E-state index in [2.05, 4.69) is 0 Å². The maximum atomic E-state index is 12.0. The van der Waals surface area contributed by atoms with E-state index in [1.807, 2.05) is 4.90 Å². The van der Waals surface area contributed by atoms with E-state index in [1.165, 1.54) is 6.42 Å². The average molecular weight is 205 g/mol. The molecule has 0 spiro atoms. The minimum absolute atomic E-state index is 0.0483. The summed E-state index contributed by atoms with van der Waals surface area (Å²) in [5.74, 6) is 0.0286. The van der Waals surface area contributed by atoms with Crippen molar-refractivity contribution in [3.8, 4) is 5.75 Å². The summed E-state index contributed by atoms with van der Waals surface area (Å²) in [4.78, 5) is 13.8. The number of nitrogens with zero attached hydrogens (tertiary/aromatic N) is 1. The number of para-hydroxylation sites is 1. The number of benzene rings is 1. The topological polar surface area (TPSA) is 40.5 Å². The number of likely N-dealkylation sites (tertiary alicyclic amines) is 1. The number of carbonyl (C=O) groups is 1. The Bertz CT molecular complexity index is 356. The average Bonchev–Trinajstić information content (AvgIpc) is 2.30. The number of piperidine rings is 1. The van der Waals surface area contributed by atoms with E-state index < -0.39 is 0 Å². The van der Waals surface area contributed by atoms with Gasteiger partial charge in [0.15, 0.2) is 0 Å². The Morgan fingerprint density at radius 1 is 1.13 bits per heavy atom. The van der Waals surface area contributed by atoms with Gasteiger partial charge in [0.25, 0.3) is 5.91 Å². The molecule has 2 rings (SSSR count). The fourth-order valence-electron chi connectivity index (χ4n) is 1.92. The van der Waals surface area contributed by atoms with Crippen LogP contribution in [0, 0.1) is 0 Å². The van der Waals surface area contributed by atoms with Gasteiger partial charge in [0.2, 0.25) is 0 Å². The van der Waals surface area contributed by atoms with Gasteiger partial charge in [-0.2, -0.15) is 0 Å². The van der Waals surface area contributed by atoms with Crippen LogP contribution >= 0.6 is 0 Å². The lowest BCUT2D eigenvalue weighted by Crippen LogP contribution is -2.35. The number of phenolic OH excluding ortho intramolecular Hbond substituents is 1. The Balaban J connectivity index is 2.16. The molecule has 80 valence electrons. The van der Waals surface area contributed by atoms with Gasteiger partial charge in [-0.25, -0.2) is 0 Å². The summed E-state index contributed by atoms with van der Waals surface area (Å²) in [5, 5.41) is 9.56. The third kappa shape index (κ3) is 2.12. The van der Waals surface area contributed by atoms with E-state index in [0.717, 1.165) is 25.9 Å². The molecule has 1 N–H and O–H groups in total. The van der Waals surface area contributed by atoms with Crippen LogP contribution in [0.3, 0.4) is 0 Å². The van der Waals surface area contributed by atoms with Gasteiger partial charge >= 0.3 is 0 Å². The molecule has 0 aliphatic carbocycles. The molecule has 0 aromatic heterocycles. The van der Waals surface area contributed by atoms with Crippen LogP contribution in [0.4, 0.5) is 0 Å². The van der Waals surface area contributed by atoms with Crippen molar-refractivity contribution < 1.29 is 9.90 Å². The summed E-state index contributed by atoms with van der Waals surface area (Å²) in [6, 6.07) is 6.72. The van der Waals surface area contributed by atoms with Crippen molar-refractivity contribution in [1.82, 2.24) is 4.90 Å². The summed E-state index contributed by atoms with van der Waals surface area (Å²) in [6.07, 6.45) is 3.34. The molecule has 1 heterocycles. The Morgan fingerprint density at radius 3 is 2.47 bits per heavy atom. The zero-order chi connectivity index (χ0) is 10.7. The summed E-state index contributed by atoms with van der Waals surface area (Å²) in [6.45, 7) is 1.63. The van der Waals surface area contributed by atoms with Gasteiger partial charge in [-0.05, 0) is 31.4 Å². The fourth-order valence-corrected chi connectivity index (χ4v) is 1.92. The Labute approximate surface area is 89.3 Å². The molecule has 1 fully saturated rings. The van der Waals surface area contributed by atoms with Crippen molar-refractivity contribution in [3.63, 3.8) is 0 Å². The molecule has 0 atom stereocenters. The minimum Gasteiger partial charge on any atom is -0.507 e. The van der Waals surface area contributed by atoms with Gasteiger partial charge in [-0.3, -0.25) is 4.79 Å². The van der Waals surface area contributed by atoms with E-state index in [0.29, 0.717) is 5.56 Å². The van der Waals surface area contributed by atoms with Crippen molar-refractivity contribution in [1.29, 1.82) is 0 Å². The molecule has 3 nitrogen and oxygen atoms in total. The quantitative estimate of drug-likeness (QED) is 0.762. The van der Waals surface area contributed by atoms with Gasteiger partial charge in [0, 0.05) is 13.1 Å². The SMILES string of the molecule is O=C(c1ccccc1O)N1CCCCC1. The van der Waals surface area contributed by atoms with Crippen LogP contribution in [0.5, 0.6) is 5.75 Å². The largest absolute Gasteiger partial charge is 0.507 e. The second kappa shape index (κ2) is 4.34. The molecule has 1 saturated heterocycles. The summed E-state index contributed by atoms with van der Waals surface area (Å²) >= 11 is 0. The second-order valence-corrected chi connectivity index (χ2v) is 3.87. The van der Waals surface area contributed by atoms with E-state index >= 15 is 0 Å². The van der Waals surface area contributed by atoms with Crippen molar-refractivity contribution in [2.24, 2.45) is 0 Å². The van der Waals surface area contributed by atoms with Crippen molar-refractivity contribution in [3.05, 3.63) is 29.8 Å². The predicted molar refractivity (Wildman–Crippen MR) is 57.9 cm³/mol. The molecule has 1 aliphatic heterocycles. The summed E-state index contributed by atoms with van der Waals surface area (Å²) in [7, 11) is 0. The minimum atomic E-state index is -0.0483. The molecule has 0 bridgehead atoms. The lowest BCUT2D eigenvalue weighted by Gasteiger charge is -2.26. The van der Waals surface area contributed by atoms with Crippen LogP contribution in [0.25, 0.3) is 0 Å². The number of hydrogen-bond acceptors (Lipinski definition) is 2. The first-order valence-corrected chi connectivity index (χ1v) is 5.36. The summed E-state index contributed by atoms with van der Waals surface area (Å²) < 4.78 is 0. The molecule has 1 amide bonds. The highest BCUT2D eigenvalue weighted by Gasteiger charge is 2.19. The maximum Gasteiger partial charge on any atom is 0.257 e. The van der Waals surface area contributed by atoms with E-state index in [1.54, 1.807) is 24.3 Å². The van der Waals surface area contributed by atoms with Crippen molar-refractivity contribution in [2.45, 2.75) is 19.3 Å². The van der Waals surface area contributed by atoms with Crippen LogP contribution in [0.15, 0.2) is 24.3 Å². The first kappa shape index (κ1) is 10.0. The molecule has 1 aromatic carbocycles. The number of hydrogen-bond donors (Lipinski definition) is 1. The normalized spacial score (nSPS) is 16.4. The van der Waals surface area contributed by atoms with Gasteiger partial charge in [0.05, 0.1) is 5.56 Å². The van der Waals surface area contributed by atoms with Gasteiger partial charge in [-0.1, -0.05) is 12.1 Å². The van der Waals surface area contributed by atoms with Gasteiger partial charge in [0.1, 0.15) is 5.75 Å². The van der Waals surface area contributed by atoms with Gasteiger partial charge in [-0.15, -0.1) is 0 Å². The van der Waals surface area contributed by atoms with E-state index in [-0.39, 0.29) is 11.7 Å². The van der Waals surface area contributed by atoms with E-state index in [4.69, 9.17) is 0 Å². The van der Waals surface area contributed by atoms with Crippen LogP contribution in [0.1, 0.15) is 29.6 Å². The number of phenols is 1. The number of rotatable bonds is 1. The van der Waals surface area contributed by atoms with Crippen LogP contribution in [0.2, 0.25) is 0 Å². The fraction of sp³-hybridized carbons (Fsp3) is 0.417. The lowest BCUT2D eigenvalue weighted by atomic mass is 10.1. The van der Waals surface area contributed by atoms with Crippen molar-refractivity contribution >= 4 is 5.91 Å². The molecule has 3 heteroatoms. The first-order valence-electron chi connectivity index (χ1n) is 5.36. The van der Waals surface area contributed by atoms with Crippen LogP contribution < -0.4 is 0 Å². The molecule has 1 aliphatic rings. The molecular weight excluding hydrogens is 190 g/mol. The Morgan fingerprint density at radius 2 is 1.80 bits per heavy atom. The van der Waals surface area contributed by atoms with Crippen LogP contribution in [-0.4, -0.2) is 29.0 Å². The highest BCUT2D eigenvalue weighted by atomic mass is 16.3. The molecule has 1 aromatic rings. The number of aromatic hydroxyl groups is 1. The van der Waals surface area contributed by atoms with E-state index in [9.17, 15) is 9.90 Å². The third-order valence-corrected chi connectivity index (χ3v) is 2.78. The van der Waals surface area contributed by atoms with Gasteiger partial charge < -0.3 is 10.0 Å². The highest BCUT2D eigenvalue weighted by molar-refractivity contribution is 5.96. The van der Waals surface area contributed by atoms with Crippen LogP contribution in [-0.2, 0) is 0 Å². The monoisotopic (exact) mass is 205 g/mol. The second-order valence-electron chi connectivity index (χ2n) is 3.87. The maximum absolute atomic E-state index is 12.0. The zero-order valence-corrected chi connectivity index (χ0v) is 8.65.